The molecule has 0 aliphatic heterocycles. The Balaban J connectivity index is 1.69. The van der Waals surface area contributed by atoms with Crippen LogP contribution < -0.4 is 10.9 Å². The molecular formula is C19H19N3O2S. The predicted molar refractivity (Wildman–Crippen MR) is 99.2 cm³/mol. The molecule has 1 aromatic carbocycles. The second-order valence-electron chi connectivity index (χ2n) is 6.51. The van der Waals surface area contributed by atoms with E-state index >= 15 is 0 Å². The Hall–Kier alpha value is -2.47. The van der Waals surface area contributed by atoms with Crippen LogP contribution in [0.1, 0.15) is 45.2 Å². The second kappa shape index (κ2) is 6.11. The summed E-state index contributed by atoms with van der Waals surface area (Å²) in [5.41, 5.74) is 3.12. The molecule has 6 heteroatoms. The van der Waals surface area contributed by atoms with Crippen molar-refractivity contribution in [2.45, 2.75) is 32.2 Å². The van der Waals surface area contributed by atoms with Gasteiger partial charge in [-0.1, -0.05) is 24.3 Å². The van der Waals surface area contributed by atoms with Crippen LogP contribution in [0, 0.1) is 6.92 Å². The molecule has 0 saturated heterocycles. The van der Waals surface area contributed by atoms with Crippen molar-refractivity contribution in [3.05, 3.63) is 62.5 Å². The molecule has 128 valence electrons. The Morgan fingerprint density at radius 2 is 2.16 bits per heavy atom. The van der Waals surface area contributed by atoms with Crippen molar-refractivity contribution in [3.8, 4) is 0 Å². The first-order valence-corrected chi connectivity index (χ1v) is 9.21. The largest absolute Gasteiger partial charge is 0.345 e. The van der Waals surface area contributed by atoms with E-state index in [0.29, 0.717) is 15.1 Å². The fraction of sp³-hybridized carbons (Fsp3) is 0.316. The molecule has 1 aliphatic rings. The van der Waals surface area contributed by atoms with Gasteiger partial charge in [0.2, 0.25) is 0 Å². The molecule has 0 saturated carbocycles. The molecule has 1 unspecified atom stereocenters. The van der Waals surface area contributed by atoms with Crippen LogP contribution >= 0.6 is 11.3 Å². The summed E-state index contributed by atoms with van der Waals surface area (Å²) in [6, 6.07) is 8.31. The molecule has 0 fully saturated rings. The van der Waals surface area contributed by atoms with Crippen molar-refractivity contribution < 1.29 is 4.79 Å². The van der Waals surface area contributed by atoms with Gasteiger partial charge in [0, 0.05) is 7.05 Å². The number of thiophene rings is 1. The van der Waals surface area contributed by atoms with E-state index in [1.807, 2.05) is 19.1 Å². The van der Waals surface area contributed by atoms with Crippen LogP contribution in [0.2, 0.25) is 0 Å². The number of amides is 1. The fourth-order valence-corrected chi connectivity index (χ4v) is 4.60. The normalized spacial score (nSPS) is 16.6. The number of nitrogens with one attached hydrogen (secondary N) is 1. The van der Waals surface area contributed by atoms with Gasteiger partial charge in [-0.25, -0.2) is 4.98 Å². The Labute approximate surface area is 149 Å². The smallest absolute Gasteiger partial charge is 0.262 e. The lowest BCUT2D eigenvalue weighted by molar-refractivity contribution is 0.0936. The maximum atomic E-state index is 12.9. The molecule has 1 N–H and O–H groups in total. The highest BCUT2D eigenvalue weighted by atomic mass is 32.1. The van der Waals surface area contributed by atoms with Crippen LogP contribution in [-0.4, -0.2) is 15.5 Å². The number of hydrogen-bond donors (Lipinski definition) is 1. The first kappa shape index (κ1) is 16.0. The molecule has 3 aromatic rings. The van der Waals surface area contributed by atoms with Crippen LogP contribution in [0.5, 0.6) is 0 Å². The van der Waals surface area contributed by atoms with Crippen molar-refractivity contribution in [2.24, 2.45) is 7.05 Å². The van der Waals surface area contributed by atoms with Crippen molar-refractivity contribution in [1.29, 1.82) is 0 Å². The fourth-order valence-electron chi connectivity index (χ4n) is 3.55. The number of nitrogens with zero attached hydrogens (tertiary/aromatic N) is 2. The zero-order valence-electron chi connectivity index (χ0n) is 14.2. The summed E-state index contributed by atoms with van der Waals surface area (Å²) in [5, 5.41) is 3.71. The average Bonchev–Trinajstić information content (AvgIpc) is 2.96. The quantitative estimate of drug-likeness (QED) is 0.770. The van der Waals surface area contributed by atoms with Gasteiger partial charge < -0.3 is 9.88 Å². The van der Waals surface area contributed by atoms with Gasteiger partial charge in [-0.3, -0.25) is 9.59 Å². The molecule has 1 aliphatic carbocycles. The van der Waals surface area contributed by atoms with E-state index in [1.165, 1.54) is 33.4 Å². The zero-order chi connectivity index (χ0) is 17.6. The van der Waals surface area contributed by atoms with Crippen LogP contribution in [-0.2, 0) is 13.5 Å². The van der Waals surface area contributed by atoms with Crippen LogP contribution in [0.4, 0.5) is 0 Å². The number of carbonyl (C=O) groups excluding carboxylic acids is 1. The van der Waals surface area contributed by atoms with E-state index in [1.54, 1.807) is 7.05 Å². The molecule has 4 rings (SSSR count). The van der Waals surface area contributed by atoms with E-state index in [4.69, 9.17) is 0 Å². The number of fused-ring (bicyclic) bond motifs is 2. The highest BCUT2D eigenvalue weighted by Crippen LogP contribution is 2.31. The highest BCUT2D eigenvalue weighted by molar-refractivity contribution is 7.20. The number of benzene rings is 1. The molecule has 1 amide bonds. The summed E-state index contributed by atoms with van der Waals surface area (Å²) in [7, 11) is 1.67. The highest BCUT2D eigenvalue weighted by Gasteiger charge is 2.25. The van der Waals surface area contributed by atoms with Gasteiger partial charge in [0.25, 0.3) is 11.5 Å². The van der Waals surface area contributed by atoms with E-state index in [-0.39, 0.29) is 17.5 Å². The van der Waals surface area contributed by atoms with Crippen molar-refractivity contribution in [2.75, 3.05) is 0 Å². The predicted octanol–water partition coefficient (Wildman–Crippen LogP) is 3.11. The second-order valence-corrected chi connectivity index (χ2v) is 7.51. The molecular weight excluding hydrogens is 334 g/mol. The molecule has 1 atom stereocenters. The maximum Gasteiger partial charge on any atom is 0.262 e. The number of hydrogen-bond acceptors (Lipinski definition) is 4. The Morgan fingerprint density at radius 3 is 3.00 bits per heavy atom. The van der Waals surface area contributed by atoms with E-state index < -0.39 is 0 Å². The summed E-state index contributed by atoms with van der Waals surface area (Å²) in [5.74, 6) is -0.121. The average molecular weight is 353 g/mol. The number of aryl methyl sites for hydroxylation is 3. The van der Waals surface area contributed by atoms with Crippen molar-refractivity contribution in [1.82, 2.24) is 14.9 Å². The lowest BCUT2D eigenvalue weighted by Gasteiger charge is -2.26. The summed E-state index contributed by atoms with van der Waals surface area (Å²) >= 11 is 1.29. The number of rotatable bonds is 2. The molecule has 5 nitrogen and oxygen atoms in total. The summed E-state index contributed by atoms with van der Waals surface area (Å²) in [6.45, 7) is 1.83. The van der Waals surface area contributed by atoms with E-state index in [2.05, 4.69) is 22.4 Å². The van der Waals surface area contributed by atoms with Crippen molar-refractivity contribution in [3.63, 3.8) is 0 Å². The topological polar surface area (TPSA) is 64.0 Å². The summed E-state index contributed by atoms with van der Waals surface area (Å²) < 4.78 is 1.45. The lowest BCUT2D eigenvalue weighted by Crippen LogP contribution is -2.30. The third kappa shape index (κ3) is 2.66. The summed E-state index contributed by atoms with van der Waals surface area (Å²) in [6.07, 6.45) is 4.56. The zero-order valence-corrected chi connectivity index (χ0v) is 15.0. The molecule has 2 aromatic heterocycles. The van der Waals surface area contributed by atoms with Crippen LogP contribution in [0.3, 0.4) is 0 Å². The number of carbonyl (C=O) groups is 1. The first-order valence-electron chi connectivity index (χ1n) is 8.39. The molecule has 25 heavy (non-hydrogen) atoms. The van der Waals surface area contributed by atoms with Crippen LogP contribution in [0.15, 0.2) is 35.4 Å². The Kier molecular flexibility index (Phi) is 3.92. The SMILES string of the molecule is Cc1c(C(=O)NC2CCCc3ccccc32)sc2ncn(C)c(=O)c12. The van der Waals surface area contributed by atoms with Crippen LogP contribution in [0.25, 0.3) is 10.2 Å². The van der Waals surface area contributed by atoms with Crippen molar-refractivity contribution >= 4 is 27.5 Å². The molecule has 2 heterocycles. The van der Waals surface area contributed by atoms with Gasteiger partial charge in [-0.2, -0.15) is 0 Å². The van der Waals surface area contributed by atoms with E-state index in [9.17, 15) is 9.59 Å². The standard InChI is InChI=1S/C19H19N3O2S/c1-11-15-18(20-10-22(2)19(15)24)25-16(11)17(23)21-14-9-5-7-12-6-3-4-8-13(12)14/h3-4,6,8,10,14H,5,7,9H2,1-2H3,(H,21,23). The van der Waals surface area contributed by atoms with Gasteiger partial charge in [0.05, 0.1) is 22.6 Å². The first-order chi connectivity index (χ1) is 12.1. The molecule has 0 bridgehead atoms. The summed E-state index contributed by atoms with van der Waals surface area (Å²) in [4.78, 5) is 30.7. The number of aromatic nitrogens is 2. The van der Waals surface area contributed by atoms with Gasteiger partial charge in [0.1, 0.15) is 4.83 Å². The molecule has 0 spiro atoms. The monoisotopic (exact) mass is 353 g/mol. The van der Waals surface area contributed by atoms with Gasteiger partial charge in [0.15, 0.2) is 0 Å². The molecule has 0 radical (unpaired) electrons. The van der Waals surface area contributed by atoms with Gasteiger partial charge in [-0.05, 0) is 42.9 Å². The third-order valence-electron chi connectivity index (χ3n) is 4.89. The minimum atomic E-state index is -0.121. The van der Waals surface area contributed by atoms with Gasteiger partial charge in [-0.15, -0.1) is 11.3 Å². The maximum absolute atomic E-state index is 12.9. The minimum Gasteiger partial charge on any atom is -0.345 e. The Morgan fingerprint density at radius 1 is 1.36 bits per heavy atom. The lowest BCUT2D eigenvalue weighted by atomic mass is 9.87. The van der Waals surface area contributed by atoms with E-state index in [0.717, 1.165) is 24.8 Å². The third-order valence-corrected chi connectivity index (χ3v) is 6.09. The minimum absolute atomic E-state index is 0.0258. The van der Waals surface area contributed by atoms with Gasteiger partial charge >= 0.3 is 0 Å². The Bertz CT molecular complexity index is 1030.